The molecule has 35 heavy (non-hydrogen) atoms. The summed E-state index contributed by atoms with van der Waals surface area (Å²) in [5, 5.41) is 2.76. The number of hydrogen-bond acceptors (Lipinski definition) is 8. The average Bonchev–Trinajstić information content (AvgIpc) is 3.08. The third-order valence-corrected chi connectivity index (χ3v) is 5.88. The predicted octanol–water partition coefficient (Wildman–Crippen LogP) is -2.17. The second kappa shape index (κ2) is 10.4. The smallest absolute Gasteiger partial charge is 0.716 e. The molecule has 0 amide bonds. The Hall–Kier alpha value is -1.64. The van der Waals surface area contributed by atoms with Crippen LogP contribution in [0.3, 0.4) is 0 Å². The Kier molecular flexibility index (Phi) is 8.29. The zero-order valence-corrected chi connectivity index (χ0v) is 24.1. The molecule has 0 saturated carbocycles. The minimum absolute atomic E-state index is 0. The van der Waals surface area contributed by atoms with Crippen LogP contribution in [0.4, 0.5) is 0 Å². The first-order valence-electron chi connectivity index (χ1n) is 9.46. The molecule has 0 unspecified atom stereocenters. The van der Waals surface area contributed by atoms with Crippen molar-refractivity contribution in [3.05, 3.63) is 72.8 Å². The van der Waals surface area contributed by atoms with Crippen LogP contribution >= 0.6 is 0 Å². The number of rotatable bonds is 5. The van der Waals surface area contributed by atoms with E-state index in [4.69, 9.17) is 8.37 Å². The van der Waals surface area contributed by atoms with Gasteiger partial charge in [-0.25, -0.2) is 16.8 Å². The van der Waals surface area contributed by atoms with E-state index in [9.17, 15) is 25.9 Å². The second-order valence-electron chi connectivity index (χ2n) is 7.22. The van der Waals surface area contributed by atoms with Crippen LogP contribution in [0.2, 0.25) is 0 Å². The number of aromatic nitrogens is 1. The van der Waals surface area contributed by atoms with E-state index in [0.717, 1.165) is 10.8 Å². The van der Waals surface area contributed by atoms with E-state index < -0.39 is 20.8 Å². The summed E-state index contributed by atoms with van der Waals surface area (Å²) in [7, 11) is -10.4. The van der Waals surface area contributed by atoms with Crippen molar-refractivity contribution in [1.82, 2.24) is 4.98 Å². The summed E-state index contributed by atoms with van der Waals surface area (Å²) >= 11 is 0. The quantitative estimate of drug-likeness (QED) is 0.117. The average molecular weight is 529 g/mol. The summed E-state index contributed by atoms with van der Waals surface area (Å²) in [6.07, 6.45) is 0. The van der Waals surface area contributed by atoms with Gasteiger partial charge in [-0.2, -0.15) is 0 Å². The molecule has 13 heteroatoms. The number of hydrogen-bond donors (Lipinski definition) is 1. The number of benzene rings is 4. The number of fused-ring (bicyclic) bond motifs is 3. The first-order valence-corrected chi connectivity index (χ1v) is 12.1. The second-order valence-corrected chi connectivity index (χ2v) is 9.19. The molecule has 1 aromatic heterocycles. The van der Waals surface area contributed by atoms with E-state index in [2.05, 4.69) is 4.98 Å². The molecule has 0 aliphatic carbocycles. The van der Waals surface area contributed by atoms with Crippen molar-refractivity contribution in [2.45, 2.75) is 0 Å². The fraction of sp³-hybridized carbons (Fsp3) is 0. The molecule has 0 aliphatic heterocycles. The van der Waals surface area contributed by atoms with E-state index >= 15 is 0 Å². The topological polar surface area (TPSA) is 149 Å². The molecule has 0 spiro atoms. The third-order valence-electron chi connectivity index (χ3n) is 5.14. The maximum atomic E-state index is 11.6. The summed E-state index contributed by atoms with van der Waals surface area (Å²) in [6, 6.07) is 20.3. The summed E-state index contributed by atoms with van der Waals surface area (Å²) in [6.45, 7) is 0. The van der Waals surface area contributed by atoms with Crippen LogP contribution in [0.15, 0.2) is 72.8 Å². The van der Waals surface area contributed by atoms with Gasteiger partial charge in [0.25, 0.3) is 20.8 Å². The monoisotopic (exact) mass is 529 g/mol. The fourth-order valence-corrected chi connectivity index (χ4v) is 4.63. The zero-order valence-electron chi connectivity index (χ0n) is 18.5. The first-order chi connectivity index (χ1) is 15.6. The van der Waals surface area contributed by atoms with Crippen molar-refractivity contribution in [2.24, 2.45) is 0 Å². The summed E-state index contributed by atoms with van der Waals surface area (Å²) in [4.78, 5) is 2.93. The fourth-order valence-electron chi connectivity index (χ4n) is 3.87. The maximum absolute atomic E-state index is 11.6. The zero-order chi connectivity index (χ0) is 23.4. The maximum Gasteiger partial charge on any atom is 1.00 e. The minimum Gasteiger partial charge on any atom is -0.716 e. The molecule has 0 bridgehead atoms. The Morgan fingerprint density at radius 1 is 0.629 bits per heavy atom. The van der Waals surface area contributed by atoms with Gasteiger partial charge in [0.1, 0.15) is 0 Å². The van der Waals surface area contributed by atoms with Gasteiger partial charge < -0.3 is 22.5 Å². The van der Waals surface area contributed by atoms with Crippen molar-refractivity contribution in [1.29, 1.82) is 0 Å². The standard InChI is InChI=1S/C22H15NO8S2.2Na/c24-32(25,26)30-21-17(10-9-15-11-13-5-1-2-6-14(13)12-18(15)21)20-22(31-33(27,28)29)16-7-3-4-8-19(16)23-20;;/h1-12,23H,(H,24,25,26)(H,27,28,29);;/q;2*+1/p-2. The third kappa shape index (κ3) is 5.86. The molecule has 0 saturated heterocycles. The Labute approximate surface area is 244 Å². The molecule has 0 radical (unpaired) electrons. The number of H-pyrrole nitrogens is 1. The van der Waals surface area contributed by atoms with Gasteiger partial charge in [-0.3, -0.25) is 0 Å². The van der Waals surface area contributed by atoms with Crippen LogP contribution in [0, 0.1) is 0 Å². The van der Waals surface area contributed by atoms with Gasteiger partial charge in [-0.1, -0.05) is 42.5 Å². The molecule has 168 valence electrons. The molecule has 5 rings (SSSR count). The van der Waals surface area contributed by atoms with Gasteiger partial charge in [0, 0.05) is 21.9 Å². The Morgan fingerprint density at radius 2 is 1.20 bits per heavy atom. The van der Waals surface area contributed by atoms with Crippen molar-refractivity contribution in [3.8, 4) is 22.8 Å². The van der Waals surface area contributed by atoms with E-state index in [-0.39, 0.29) is 87.3 Å². The molecule has 1 heterocycles. The Bertz CT molecular complexity index is 1780. The molecular weight excluding hydrogens is 516 g/mol. The summed E-state index contributed by atoms with van der Waals surface area (Å²) in [5.74, 6) is -0.665. The molecule has 0 fully saturated rings. The van der Waals surface area contributed by atoms with Crippen molar-refractivity contribution in [2.75, 3.05) is 0 Å². The van der Waals surface area contributed by atoms with Gasteiger partial charge in [0.05, 0.1) is 5.69 Å². The van der Waals surface area contributed by atoms with Crippen molar-refractivity contribution in [3.63, 3.8) is 0 Å². The van der Waals surface area contributed by atoms with Crippen LogP contribution in [-0.2, 0) is 20.8 Å². The van der Waals surface area contributed by atoms with Crippen LogP contribution in [-0.4, -0.2) is 30.9 Å². The molecule has 0 aliphatic rings. The predicted molar refractivity (Wildman–Crippen MR) is 119 cm³/mol. The summed E-state index contributed by atoms with van der Waals surface area (Å²) in [5.41, 5.74) is 0.400. The van der Waals surface area contributed by atoms with Gasteiger partial charge in [0.2, 0.25) is 0 Å². The SMILES string of the molecule is O=S(=O)([O-])Oc1c(-c2[nH]c3ccccc3c2OS(=O)(=O)[O-])ccc2cc3ccccc3cc12.[Na+].[Na+]. The van der Waals surface area contributed by atoms with Crippen LogP contribution < -0.4 is 67.5 Å². The normalized spacial score (nSPS) is 11.7. The van der Waals surface area contributed by atoms with Gasteiger partial charge in [-0.15, -0.1) is 0 Å². The molecule has 5 aromatic rings. The minimum atomic E-state index is -5.22. The van der Waals surface area contributed by atoms with Crippen molar-refractivity contribution >= 4 is 53.2 Å². The van der Waals surface area contributed by atoms with Crippen LogP contribution in [0.5, 0.6) is 11.5 Å². The van der Waals surface area contributed by atoms with E-state index in [1.54, 1.807) is 48.5 Å². The molecule has 9 nitrogen and oxygen atoms in total. The van der Waals surface area contributed by atoms with Gasteiger partial charge in [0.15, 0.2) is 11.5 Å². The summed E-state index contributed by atoms with van der Waals surface area (Å²) < 4.78 is 78.7. The Morgan fingerprint density at radius 3 is 1.86 bits per heavy atom. The number of para-hydroxylation sites is 1. The molecule has 0 atom stereocenters. The largest absolute Gasteiger partial charge is 1.00 e. The van der Waals surface area contributed by atoms with E-state index in [1.807, 2.05) is 12.1 Å². The van der Waals surface area contributed by atoms with Crippen molar-refractivity contribution < 1.29 is 93.4 Å². The van der Waals surface area contributed by atoms with Gasteiger partial charge >= 0.3 is 59.1 Å². The van der Waals surface area contributed by atoms with E-state index in [1.165, 1.54) is 12.1 Å². The van der Waals surface area contributed by atoms with E-state index in [0.29, 0.717) is 16.3 Å². The van der Waals surface area contributed by atoms with Gasteiger partial charge in [-0.05, 0) is 46.5 Å². The first kappa shape index (κ1) is 27.9. The molecule has 4 aromatic carbocycles. The number of aromatic amines is 1. The van der Waals surface area contributed by atoms with Crippen LogP contribution in [0.1, 0.15) is 0 Å². The molecular formula is C22H13NNa2O8S2. The molecule has 1 N–H and O–H groups in total. The number of nitrogens with one attached hydrogen (secondary N) is 1. The Balaban J connectivity index is 0.00000171. The van der Waals surface area contributed by atoms with Crippen LogP contribution in [0.25, 0.3) is 43.7 Å².